The third-order valence-corrected chi connectivity index (χ3v) is 11.7. The summed E-state index contributed by atoms with van der Waals surface area (Å²) in [5.74, 6) is 0. The molecule has 10 aromatic rings. The zero-order valence-electron chi connectivity index (χ0n) is 28.0. The molecule has 0 saturated carbocycles. The third-order valence-electron chi connectivity index (χ3n) is 10.5. The Kier molecular flexibility index (Phi) is 6.48. The molecule has 2 aromatic heterocycles. The number of thiophene rings is 1. The highest BCUT2D eigenvalue weighted by Crippen LogP contribution is 2.47. The number of furan rings is 1. The minimum atomic E-state index is -0.321. The van der Waals surface area contributed by atoms with Crippen LogP contribution in [0.2, 0.25) is 0 Å². The van der Waals surface area contributed by atoms with Gasteiger partial charge in [-0.25, -0.2) is 0 Å². The molecule has 0 aliphatic carbocycles. The van der Waals surface area contributed by atoms with Crippen LogP contribution in [0.15, 0.2) is 179 Å². The molecule has 11 rings (SSSR count). The highest BCUT2D eigenvalue weighted by atomic mass is 32.1. The van der Waals surface area contributed by atoms with Crippen molar-refractivity contribution in [3.8, 4) is 22.3 Å². The molecular formula is C48H30N2OS. The van der Waals surface area contributed by atoms with Crippen molar-refractivity contribution in [2.45, 2.75) is 6.17 Å². The Hall–Kier alpha value is -6.49. The van der Waals surface area contributed by atoms with Crippen LogP contribution >= 0.6 is 11.3 Å². The first-order valence-corrected chi connectivity index (χ1v) is 18.5. The molecule has 1 aliphatic heterocycles. The third kappa shape index (κ3) is 4.55. The van der Waals surface area contributed by atoms with E-state index in [0.717, 1.165) is 61.0 Å². The Morgan fingerprint density at radius 2 is 1.19 bits per heavy atom. The summed E-state index contributed by atoms with van der Waals surface area (Å²) in [7, 11) is 0. The Morgan fingerprint density at radius 3 is 2.02 bits per heavy atom. The molecule has 3 nitrogen and oxygen atoms in total. The lowest BCUT2D eigenvalue weighted by Gasteiger charge is -2.25. The molecule has 0 spiro atoms. The van der Waals surface area contributed by atoms with Gasteiger partial charge in [0.25, 0.3) is 0 Å². The van der Waals surface area contributed by atoms with Gasteiger partial charge in [0.1, 0.15) is 17.3 Å². The molecule has 1 unspecified atom stereocenters. The number of benzene rings is 8. The molecule has 1 N–H and O–H groups in total. The van der Waals surface area contributed by atoms with E-state index in [1.54, 1.807) is 11.3 Å². The van der Waals surface area contributed by atoms with Gasteiger partial charge in [0.15, 0.2) is 0 Å². The number of anilines is 1. The van der Waals surface area contributed by atoms with Crippen LogP contribution in [0, 0.1) is 0 Å². The van der Waals surface area contributed by atoms with E-state index in [1.807, 2.05) is 0 Å². The summed E-state index contributed by atoms with van der Waals surface area (Å²) in [4.78, 5) is 6.68. The molecule has 0 saturated heterocycles. The molecule has 0 radical (unpaired) electrons. The monoisotopic (exact) mass is 682 g/mol. The van der Waals surface area contributed by atoms with Gasteiger partial charge in [-0.2, -0.15) is 0 Å². The summed E-state index contributed by atoms with van der Waals surface area (Å²) >= 11 is 1.80. The van der Waals surface area contributed by atoms with Gasteiger partial charge in [0, 0.05) is 37.5 Å². The molecule has 8 aromatic carbocycles. The maximum absolute atomic E-state index is 6.91. The number of rotatable bonds is 4. The van der Waals surface area contributed by atoms with Gasteiger partial charge >= 0.3 is 0 Å². The molecule has 0 amide bonds. The second kappa shape index (κ2) is 11.5. The Morgan fingerprint density at radius 1 is 0.519 bits per heavy atom. The number of aliphatic imine (C=N–C) groups is 1. The van der Waals surface area contributed by atoms with Gasteiger partial charge in [-0.3, -0.25) is 4.99 Å². The van der Waals surface area contributed by atoms with E-state index >= 15 is 0 Å². The zero-order valence-corrected chi connectivity index (χ0v) is 28.8. The fraction of sp³-hybridized carbons (Fsp3) is 0.0208. The smallest absolute Gasteiger partial charge is 0.146 e. The average molecular weight is 683 g/mol. The van der Waals surface area contributed by atoms with Crippen molar-refractivity contribution in [3.05, 3.63) is 186 Å². The summed E-state index contributed by atoms with van der Waals surface area (Å²) < 4.78 is 8.16. The van der Waals surface area contributed by atoms with Crippen LogP contribution in [0.25, 0.3) is 75.8 Å². The lowest BCUT2D eigenvalue weighted by Crippen LogP contribution is -2.19. The molecular weight excluding hydrogens is 653 g/mol. The number of nitrogens with zero attached hydrogens (tertiary/aromatic N) is 1. The van der Waals surface area contributed by atoms with Crippen molar-refractivity contribution < 1.29 is 4.42 Å². The van der Waals surface area contributed by atoms with Crippen LogP contribution in [-0.2, 0) is 0 Å². The summed E-state index contributed by atoms with van der Waals surface area (Å²) in [6, 6.07) is 60.7. The predicted octanol–water partition coefficient (Wildman–Crippen LogP) is 13.4. The van der Waals surface area contributed by atoms with Crippen LogP contribution in [-0.4, -0.2) is 5.71 Å². The molecule has 1 aliphatic rings. The van der Waals surface area contributed by atoms with E-state index in [1.165, 1.54) is 42.2 Å². The van der Waals surface area contributed by atoms with Gasteiger partial charge in [-0.05, 0) is 56.4 Å². The first-order valence-electron chi connectivity index (χ1n) is 17.6. The van der Waals surface area contributed by atoms with Crippen LogP contribution in [0.5, 0.6) is 0 Å². The standard InChI is InChI=1S/C48H30N2OS/c1-2-12-32(13-3-1)44-47-45(38-18-8-9-20-42(38)52-47)50-48(49-44)39-26-25-37(46-43(39)40-27-33-14-4-5-15-34(33)28-41(40)51-46)31-23-21-30(22-24-31)36-19-10-16-29-11-6-7-17-35(29)36/h1-28,48,50H. The SMILES string of the molecule is c1ccc(C2=NC(c3ccc(-c4ccc(-c5cccc6ccccc56)cc4)c4oc5cc6ccccc6cc5c34)Nc3c2sc2ccccc32)cc1. The van der Waals surface area contributed by atoms with Crippen molar-refractivity contribution >= 4 is 76.3 Å². The molecule has 52 heavy (non-hydrogen) atoms. The van der Waals surface area contributed by atoms with E-state index in [4.69, 9.17) is 9.41 Å². The Balaban J connectivity index is 1.12. The fourth-order valence-electron chi connectivity index (χ4n) is 8.01. The number of nitrogens with one attached hydrogen (secondary N) is 1. The summed E-state index contributed by atoms with van der Waals surface area (Å²) in [6.45, 7) is 0. The molecule has 3 heterocycles. The Bertz CT molecular complexity index is 3040. The molecule has 0 bridgehead atoms. The van der Waals surface area contributed by atoms with Crippen LogP contribution in [0.1, 0.15) is 22.2 Å². The average Bonchev–Trinajstić information content (AvgIpc) is 3.78. The summed E-state index contributed by atoms with van der Waals surface area (Å²) in [5, 5.41) is 12.1. The molecule has 1 atom stereocenters. The second-order valence-electron chi connectivity index (χ2n) is 13.5. The topological polar surface area (TPSA) is 37.5 Å². The van der Waals surface area contributed by atoms with Crippen molar-refractivity contribution in [1.82, 2.24) is 0 Å². The first kappa shape index (κ1) is 29.3. The van der Waals surface area contributed by atoms with Crippen LogP contribution < -0.4 is 5.32 Å². The minimum Gasteiger partial charge on any atom is -0.455 e. The van der Waals surface area contributed by atoms with Crippen molar-refractivity contribution in [1.29, 1.82) is 0 Å². The normalized spacial score (nSPS) is 14.2. The summed E-state index contributed by atoms with van der Waals surface area (Å²) in [6.07, 6.45) is -0.321. The lowest BCUT2D eigenvalue weighted by molar-refractivity contribution is 0.670. The van der Waals surface area contributed by atoms with E-state index in [9.17, 15) is 0 Å². The van der Waals surface area contributed by atoms with E-state index < -0.39 is 0 Å². The molecule has 244 valence electrons. The number of fused-ring (bicyclic) bond motifs is 8. The quantitative estimate of drug-likeness (QED) is 0.201. The van der Waals surface area contributed by atoms with Crippen molar-refractivity contribution in [2.75, 3.05) is 5.32 Å². The Labute approximate surface area is 304 Å². The van der Waals surface area contributed by atoms with Crippen molar-refractivity contribution in [3.63, 3.8) is 0 Å². The minimum absolute atomic E-state index is 0.321. The van der Waals surface area contributed by atoms with Crippen LogP contribution in [0.3, 0.4) is 0 Å². The highest BCUT2D eigenvalue weighted by Gasteiger charge is 2.29. The predicted molar refractivity (Wildman–Crippen MR) is 220 cm³/mol. The van der Waals surface area contributed by atoms with Crippen molar-refractivity contribution in [2.24, 2.45) is 4.99 Å². The summed E-state index contributed by atoms with van der Waals surface area (Å²) in [5.41, 5.74) is 10.7. The largest absolute Gasteiger partial charge is 0.455 e. The van der Waals surface area contributed by atoms with Crippen LogP contribution in [0.4, 0.5) is 5.69 Å². The van der Waals surface area contributed by atoms with Gasteiger partial charge in [-0.15, -0.1) is 11.3 Å². The lowest BCUT2D eigenvalue weighted by atomic mass is 9.93. The van der Waals surface area contributed by atoms with E-state index in [0.29, 0.717) is 0 Å². The first-order chi connectivity index (χ1) is 25.8. The number of hydrogen-bond donors (Lipinski definition) is 1. The number of hydrogen-bond acceptors (Lipinski definition) is 4. The highest BCUT2D eigenvalue weighted by molar-refractivity contribution is 7.22. The molecule has 0 fully saturated rings. The zero-order chi connectivity index (χ0) is 34.2. The second-order valence-corrected chi connectivity index (χ2v) is 14.6. The van der Waals surface area contributed by atoms with Gasteiger partial charge < -0.3 is 9.73 Å². The maximum Gasteiger partial charge on any atom is 0.146 e. The van der Waals surface area contributed by atoms with E-state index in [-0.39, 0.29) is 6.17 Å². The maximum atomic E-state index is 6.91. The van der Waals surface area contributed by atoms with Gasteiger partial charge in [0.05, 0.1) is 16.3 Å². The fourth-order valence-corrected chi connectivity index (χ4v) is 9.20. The van der Waals surface area contributed by atoms with Gasteiger partial charge in [-0.1, -0.05) is 152 Å². The van der Waals surface area contributed by atoms with Gasteiger partial charge in [0.2, 0.25) is 0 Å². The molecule has 4 heteroatoms. The van der Waals surface area contributed by atoms with E-state index in [2.05, 4.69) is 175 Å².